The number of aliphatic hydroxyl groups is 2. The minimum Gasteiger partial charge on any atom is -0.388 e. The summed E-state index contributed by atoms with van der Waals surface area (Å²) in [7, 11) is 0. The fourth-order valence-electron chi connectivity index (χ4n) is 1.72. The number of hydrogen-bond acceptors (Lipinski definition) is 5. The Kier molecular flexibility index (Phi) is 2.96. The predicted molar refractivity (Wildman–Crippen MR) is 52.8 cm³/mol. The fraction of sp³-hybridized carbons (Fsp3) is 0.875. The maximum atomic E-state index is 11.8. The molecule has 1 unspecified atom stereocenters. The van der Waals surface area contributed by atoms with E-state index in [0.29, 0.717) is 0 Å². The molecule has 0 saturated carbocycles. The second-order valence-electron chi connectivity index (χ2n) is 3.65. The first-order valence-corrected chi connectivity index (χ1v) is 5.80. The van der Waals surface area contributed by atoms with E-state index in [1.165, 1.54) is 4.90 Å². The van der Waals surface area contributed by atoms with Crippen molar-refractivity contribution in [2.24, 2.45) is 0 Å². The first-order chi connectivity index (χ1) is 6.68. The molecule has 14 heavy (non-hydrogen) atoms. The molecule has 3 atom stereocenters. The van der Waals surface area contributed by atoms with E-state index in [-0.39, 0.29) is 25.0 Å². The molecule has 2 rings (SSSR count). The van der Waals surface area contributed by atoms with Gasteiger partial charge in [-0.15, -0.1) is 11.8 Å². The molecule has 2 saturated heterocycles. The lowest BCUT2D eigenvalue weighted by Crippen LogP contribution is -2.44. The number of carbonyl (C=O) groups is 1. The van der Waals surface area contributed by atoms with Crippen molar-refractivity contribution in [2.75, 3.05) is 24.7 Å². The minimum atomic E-state index is -0.784. The standard InChI is InChI=1S/C8H14N2O3S/c11-6-1-10(2-7(6)12)8(13)5-3-14-4-9-5/h5-7,9,11-12H,1-4H2/t5?,6-,7+. The summed E-state index contributed by atoms with van der Waals surface area (Å²) in [5.74, 6) is 1.57. The molecule has 0 aromatic rings. The quantitative estimate of drug-likeness (QED) is 0.485. The zero-order valence-corrected chi connectivity index (χ0v) is 8.54. The normalized spacial score (nSPS) is 37.9. The second-order valence-corrected chi connectivity index (χ2v) is 4.68. The molecule has 2 aliphatic heterocycles. The van der Waals surface area contributed by atoms with Crippen LogP contribution in [0.3, 0.4) is 0 Å². The number of β-amino-alcohol motifs (C(OH)–C–C–N with tert-alkyl or cyclic N) is 2. The molecule has 80 valence electrons. The van der Waals surface area contributed by atoms with Gasteiger partial charge in [-0.25, -0.2) is 0 Å². The third-order valence-corrected chi connectivity index (χ3v) is 3.52. The molecule has 0 aromatic heterocycles. The first-order valence-electron chi connectivity index (χ1n) is 4.64. The maximum Gasteiger partial charge on any atom is 0.240 e. The highest BCUT2D eigenvalue weighted by Crippen LogP contribution is 2.16. The highest BCUT2D eigenvalue weighted by atomic mass is 32.2. The van der Waals surface area contributed by atoms with Gasteiger partial charge in [0.15, 0.2) is 0 Å². The third-order valence-electron chi connectivity index (χ3n) is 2.59. The summed E-state index contributed by atoms with van der Waals surface area (Å²) in [6.45, 7) is 0.506. The van der Waals surface area contributed by atoms with Crippen LogP contribution in [0.2, 0.25) is 0 Å². The summed E-state index contributed by atoms with van der Waals surface area (Å²) in [6.07, 6.45) is -1.57. The van der Waals surface area contributed by atoms with Crippen molar-refractivity contribution < 1.29 is 15.0 Å². The van der Waals surface area contributed by atoms with Crippen molar-refractivity contribution in [3.8, 4) is 0 Å². The topological polar surface area (TPSA) is 72.8 Å². The van der Waals surface area contributed by atoms with E-state index in [9.17, 15) is 15.0 Å². The molecule has 0 bridgehead atoms. The van der Waals surface area contributed by atoms with Crippen molar-refractivity contribution in [2.45, 2.75) is 18.2 Å². The lowest BCUT2D eigenvalue weighted by Gasteiger charge is -2.19. The van der Waals surface area contributed by atoms with Crippen molar-refractivity contribution >= 4 is 17.7 Å². The molecule has 1 amide bonds. The molecule has 6 heteroatoms. The van der Waals surface area contributed by atoms with Crippen molar-refractivity contribution in [1.82, 2.24) is 10.2 Å². The number of thioether (sulfide) groups is 1. The molecule has 2 aliphatic rings. The number of rotatable bonds is 1. The fourth-order valence-corrected chi connectivity index (χ4v) is 2.66. The smallest absolute Gasteiger partial charge is 0.240 e. The van der Waals surface area contributed by atoms with Gasteiger partial charge >= 0.3 is 0 Å². The van der Waals surface area contributed by atoms with Crippen LogP contribution in [-0.2, 0) is 4.79 Å². The Morgan fingerprint density at radius 1 is 1.36 bits per heavy atom. The van der Waals surface area contributed by atoms with Crippen LogP contribution in [0, 0.1) is 0 Å². The summed E-state index contributed by atoms with van der Waals surface area (Å²) in [6, 6.07) is -0.141. The average Bonchev–Trinajstić information content (AvgIpc) is 2.76. The number of carbonyl (C=O) groups excluding carboxylic acids is 1. The largest absolute Gasteiger partial charge is 0.388 e. The van der Waals surface area contributed by atoms with E-state index in [2.05, 4.69) is 5.32 Å². The average molecular weight is 218 g/mol. The van der Waals surface area contributed by atoms with Gasteiger partial charge in [-0.2, -0.15) is 0 Å². The summed E-state index contributed by atoms with van der Waals surface area (Å²) < 4.78 is 0. The Labute approximate surface area is 86.5 Å². The lowest BCUT2D eigenvalue weighted by molar-refractivity contribution is -0.132. The van der Waals surface area contributed by atoms with Crippen LogP contribution in [0.5, 0.6) is 0 Å². The number of nitrogens with zero attached hydrogens (tertiary/aromatic N) is 1. The van der Waals surface area contributed by atoms with Crippen molar-refractivity contribution in [3.05, 3.63) is 0 Å². The van der Waals surface area contributed by atoms with E-state index in [1.807, 2.05) is 0 Å². The van der Waals surface area contributed by atoms with E-state index in [0.717, 1.165) is 11.6 Å². The van der Waals surface area contributed by atoms with Crippen molar-refractivity contribution in [3.63, 3.8) is 0 Å². The predicted octanol–water partition coefficient (Wildman–Crippen LogP) is -1.79. The minimum absolute atomic E-state index is 0.00870. The molecule has 2 fully saturated rings. The number of hydrogen-bond donors (Lipinski definition) is 3. The van der Waals surface area contributed by atoms with Crippen LogP contribution >= 0.6 is 11.8 Å². The number of likely N-dealkylation sites (tertiary alicyclic amines) is 1. The molecule has 0 aromatic carbocycles. The second kappa shape index (κ2) is 4.06. The van der Waals surface area contributed by atoms with E-state index < -0.39 is 12.2 Å². The summed E-state index contributed by atoms with van der Waals surface area (Å²) in [5.41, 5.74) is 0. The van der Waals surface area contributed by atoms with Gasteiger partial charge in [0.2, 0.25) is 5.91 Å². The van der Waals surface area contributed by atoms with E-state index in [4.69, 9.17) is 0 Å². The SMILES string of the molecule is O=C(C1CSCN1)N1C[C@@H](O)[C@@H](O)C1. The monoisotopic (exact) mass is 218 g/mol. The highest BCUT2D eigenvalue weighted by molar-refractivity contribution is 7.99. The lowest BCUT2D eigenvalue weighted by atomic mass is 10.3. The number of amides is 1. The van der Waals surface area contributed by atoms with Gasteiger partial charge in [-0.3, -0.25) is 10.1 Å². The summed E-state index contributed by atoms with van der Waals surface area (Å²) in [4.78, 5) is 13.3. The van der Waals surface area contributed by atoms with Gasteiger partial charge in [-0.1, -0.05) is 0 Å². The molecule has 3 N–H and O–H groups in total. The van der Waals surface area contributed by atoms with Crippen LogP contribution < -0.4 is 5.32 Å². The molecule has 5 nitrogen and oxygen atoms in total. The Hall–Kier alpha value is -0.300. The van der Waals surface area contributed by atoms with Crippen LogP contribution in [0.4, 0.5) is 0 Å². The summed E-state index contributed by atoms with van der Waals surface area (Å²) >= 11 is 1.69. The molecular formula is C8H14N2O3S. The number of aliphatic hydroxyl groups excluding tert-OH is 2. The van der Waals surface area contributed by atoms with Gasteiger partial charge in [-0.05, 0) is 0 Å². The van der Waals surface area contributed by atoms with Crippen LogP contribution in [-0.4, -0.2) is 64.0 Å². The third kappa shape index (κ3) is 1.88. The summed E-state index contributed by atoms with van der Waals surface area (Å²) in [5, 5.41) is 21.7. The van der Waals surface area contributed by atoms with E-state index in [1.54, 1.807) is 11.8 Å². The Morgan fingerprint density at radius 2 is 2.00 bits per heavy atom. The molecule has 2 heterocycles. The van der Waals surface area contributed by atoms with Gasteiger partial charge in [0.1, 0.15) is 0 Å². The molecule has 0 radical (unpaired) electrons. The van der Waals surface area contributed by atoms with Crippen LogP contribution in [0.15, 0.2) is 0 Å². The van der Waals surface area contributed by atoms with Gasteiger partial charge in [0.05, 0.1) is 18.2 Å². The Morgan fingerprint density at radius 3 is 2.50 bits per heavy atom. The zero-order chi connectivity index (χ0) is 10.1. The van der Waals surface area contributed by atoms with Gasteiger partial charge < -0.3 is 15.1 Å². The van der Waals surface area contributed by atoms with Crippen LogP contribution in [0.1, 0.15) is 0 Å². The Bertz CT molecular complexity index is 223. The van der Waals surface area contributed by atoms with Gasteiger partial charge in [0, 0.05) is 24.7 Å². The molecule has 0 spiro atoms. The molecular weight excluding hydrogens is 204 g/mol. The van der Waals surface area contributed by atoms with E-state index >= 15 is 0 Å². The van der Waals surface area contributed by atoms with Crippen LogP contribution in [0.25, 0.3) is 0 Å². The first kappa shape index (κ1) is 10.2. The zero-order valence-electron chi connectivity index (χ0n) is 7.72. The van der Waals surface area contributed by atoms with Gasteiger partial charge in [0.25, 0.3) is 0 Å². The number of nitrogens with one attached hydrogen (secondary N) is 1. The van der Waals surface area contributed by atoms with Crippen molar-refractivity contribution in [1.29, 1.82) is 0 Å². The Balaban J connectivity index is 1.92. The highest BCUT2D eigenvalue weighted by Gasteiger charge is 2.36. The maximum absolute atomic E-state index is 11.8. The molecule has 0 aliphatic carbocycles.